The van der Waals surface area contributed by atoms with Gasteiger partial charge in [-0.3, -0.25) is 4.79 Å². The normalized spacial score (nSPS) is 10.8. The number of para-hydroxylation sites is 2. The highest BCUT2D eigenvalue weighted by atomic mass is 16.5. The quantitative estimate of drug-likeness (QED) is 0.453. The van der Waals surface area contributed by atoms with Gasteiger partial charge in [0.1, 0.15) is 18.2 Å². The number of rotatable bonds is 9. The highest BCUT2D eigenvalue weighted by molar-refractivity contribution is 5.86. The molecular weight excluding hydrogens is 350 g/mol. The average molecular weight is 377 g/mol. The molecule has 0 aliphatic heterocycles. The molecule has 1 aromatic heterocycles. The summed E-state index contributed by atoms with van der Waals surface area (Å²) in [6, 6.07) is 14.4. The first-order valence-electron chi connectivity index (χ1n) is 9.63. The molecular formula is C23H27N3O2. The van der Waals surface area contributed by atoms with Crippen molar-refractivity contribution in [3.63, 3.8) is 0 Å². The molecule has 0 saturated carbocycles. The number of nitrogens with one attached hydrogen (secondary N) is 1. The molecule has 5 nitrogen and oxygen atoms in total. The van der Waals surface area contributed by atoms with Gasteiger partial charge < -0.3 is 14.6 Å². The summed E-state index contributed by atoms with van der Waals surface area (Å²) >= 11 is 0. The largest absolute Gasteiger partial charge is 0.491 e. The molecule has 0 atom stereocenters. The lowest BCUT2D eigenvalue weighted by molar-refractivity contribution is -0.116. The zero-order chi connectivity index (χ0) is 19.9. The van der Waals surface area contributed by atoms with E-state index in [1.54, 1.807) is 0 Å². The van der Waals surface area contributed by atoms with Crippen molar-refractivity contribution in [3.05, 3.63) is 72.1 Å². The first-order valence-corrected chi connectivity index (χ1v) is 9.63. The summed E-state index contributed by atoms with van der Waals surface area (Å²) in [6.07, 6.45) is 2.90. The van der Waals surface area contributed by atoms with Crippen molar-refractivity contribution in [2.24, 2.45) is 0 Å². The van der Waals surface area contributed by atoms with E-state index in [-0.39, 0.29) is 5.91 Å². The van der Waals surface area contributed by atoms with Crippen LogP contribution in [0, 0.1) is 13.8 Å². The summed E-state index contributed by atoms with van der Waals surface area (Å²) in [7, 11) is 0. The van der Waals surface area contributed by atoms with Crippen molar-refractivity contribution >= 4 is 16.9 Å². The third-order valence-electron chi connectivity index (χ3n) is 4.70. The smallest absolute Gasteiger partial charge is 0.243 e. The third kappa shape index (κ3) is 4.80. The Kier molecular flexibility index (Phi) is 6.48. The van der Waals surface area contributed by atoms with Crippen LogP contribution in [0.3, 0.4) is 0 Å². The number of amides is 1. The first-order chi connectivity index (χ1) is 13.6. The lowest BCUT2D eigenvalue weighted by atomic mass is 10.1. The van der Waals surface area contributed by atoms with Crippen molar-refractivity contribution in [1.29, 1.82) is 0 Å². The van der Waals surface area contributed by atoms with E-state index in [4.69, 9.17) is 9.72 Å². The maximum atomic E-state index is 11.3. The van der Waals surface area contributed by atoms with Crippen LogP contribution in [-0.2, 0) is 17.8 Å². The van der Waals surface area contributed by atoms with Gasteiger partial charge in [0.15, 0.2) is 0 Å². The summed E-state index contributed by atoms with van der Waals surface area (Å²) in [4.78, 5) is 16.1. The molecule has 0 saturated heterocycles. The van der Waals surface area contributed by atoms with Gasteiger partial charge in [0, 0.05) is 13.0 Å². The molecule has 0 fully saturated rings. The predicted octanol–water partition coefficient (Wildman–Crippen LogP) is 3.97. The Morgan fingerprint density at radius 1 is 1.25 bits per heavy atom. The highest BCUT2D eigenvalue weighted by Gasteiger charge is 2.11. The maximum Gasteiger partial charge on any atom is 0.243 e. The van der Waals surface area contributed by atoms with E-state index in [1.807, 2.05) is 24.3 Å². The number of fused-ring (bicyclic) bond motifs is 1. The maximum absolute atomic E-state index is 11.3. The summed E-state index contributed by atoms with van der Waals surface area (Å²) in [6.45, 7) is 9.52. The Morgan fingerprint density at radius 3 is 2.86 bits per heavy atom. The molecule has 0 bridgehead atoms. The molecule has 0 radical (unpaired) electrons. The summed E-state index contributed by atoms with van der Waals surface area (Å²) in [5, 5.41) is 2.81. The van der Waals surface area contributed by atoms with E-state index < -0.39 is 0 Å². The minimum absolute atomic E-state index is 0.143. The van der Waals surface area contributed by atoms with Crippen LogP contribution >= 0.6 is 0 Å². The molecule has 2 aromatic carbocycles. The zero-order valence-corrected chi connectivity index (χ0v) is 16.6. The fourth-order valence-electron chi connectivity index (χ4n) is 3.30. The van der Waals surface area contributed by atoms with Gasteiger partial charge in [0.05, 0.1) is 17.6 Å². The minimum Gasteiger partial charge on any atom is -0.491 e. The van der Waals surface area contributed by atoms with E-state index in [0.29, 0.717) is 13.2 Å². The van der Waals surface area contributed by atoms with Gasteiger partial charge in [-0.05, 0) is 50.1 Å². The highest BCUT2D eigenvalue weighted by Crippen LogP contribution is 2.20. The number of carbonyl (C=O) groups is 1. The summed E-state index contributed by atoms with van der Waals surface area (Å²) in [5.41, 5.74) is 4.47. The number of hydrogen-bond donors (Lipinski definition) is 1. The molecule has 0 spiro atoms. The zero-order valence-electron chi connectivity index (χ0n) is 16.6. The van der Waals surface area contributed by atoms with Crippen LogP contribution in [0.4, 0.5) is 0 Å². The second kappa shape index (κ2) is 9.22. The molecule has 146 valence electrons. The first kappa shape index (κ1) is 19.7. The number of carbonyl (C=O) groups excluding carboxylic acids is 1. The Morgan fingerprint density at radius 2 is 2.07 bits per heavy atom. The molecule has 0 aliphatic carbocycles. The lowest BCUT2D eigenvalue weighted by Crippen LogP contribution is -2.22. The van der Waals surface area contributed by atoms with Gasteiger partial charge in [-0.2, -0.15) is 0 Å². The Bertz CT molecular complexity index is 975. The van der Waals surface area contributed by atoms with Crippen LogP contribution in [0.5, 0.6) is 5.75 Å². The van der Waals surface area contributed by atoms with Crippen molar-refractivity contribution in [3.8, 4) is 5.75 Å². The van der Waals surface area contributed by atoms with Crippen LogP contribution in [0.15, 0.2) is 55.1 Å². The van der Waals surface area contributed by atoms with Crippen molar-refractivity contribution in [1.82, 2.24) is 14.9 Å². The van der Waals surface area contributed by atoms with Gasteiger partial charge >= 0.3 is 0 Å². The van der Waals surface area contributed by atoms with Crippen LogP contribution in [0.25, 0.3) is 11.0 Å². The minimum atomic E-state index is -0.143. The van der Waals surface area contributed by atoms with E-state index in [2.05, 4.69) is 48.5 Å². The van der Waals surface area contributed by atoms with Gasteiger partial charge in [-0.15, -0.1) is 0 Å². The van der Waals surface area contributed by atoms with Crippen LogP contribution in [0.2, 0.25) is 0 Å². The molecule has 0 unspecified atom stereocenters. The third-order valence-corrected chi connectivity index (χ3v) is 4.70. The van der Waals surface area contributed by atoms with Gasteiger partial charge in [0.2, 0.25) is 5.91 Å². The molecule has 5 heteroatoms. The van der Waals surface area contributed by atoms with Crippen molar-refractivity contribution in [2.75, 3.05) is 13.2 Å². The Balaban J connectivity index is 1.68. The van der Waals surface area contributed by atoms with Crippen LogP contribution in [-0.4, -0.2) is 28.6 Å². The predicted molar refractivity (Wildman–Crippen MR) is 113 cm³/mol. The Labute approximate surface area is 166 Å². The lowest BCUT2D eigenvalue weighted by Gasteiger charge is -2.13. The molecule has 1 N–H and O–H groups in total. The summed E-state index contributed by atoms with van der Waals surface area (Å²) in [5.74, 6) is 1.79. The number of benzene rings is 2. The van der Waals surface area contributed by atoms with Crippen molar-refractivity contribution < 1.29 is 9.53 Å². The van der Waals surface area contributed by atoms with Gasteiger partial charge in [0.25, 0.3) is 0 Å². The van der Waals surface area contributed by atoms with Gasteiger partial charge in [-0.1, -0.05) is 36.4 Å². The standard InChI is InChI=1S/C23H27N3O2/c1-4-23(27)24-13-7-10-22-25-19-8-5-6-9-20(19)26(22)14-15-28-21-12-11-17(2)16-18(21)3/h4-6,8-9,11-12,16H,1,7,10,13-15H2,2-3H3,(H,24,27). The monoisotopic (exact) mass is 377 g/mol. The number of ether oxygens (including phenoxy) is 1. The molecule has 3 aromatic rings. The Hall–Kier alpha value is -3.08. The van der Waals surface area contributed by atoms with Crippen LogP contribution < -0.4 is 10.1 Å². The second-order valence-corrected chi connectivity index (χ2v) is 6.88. The number of imidazole rings is 1. The number of nitrogens with zero attached hydrogens (tertiary/aromatic N) is 2. The second-order valence-electron chi connectivity index (χ2n) is 6.88. The number of aryl methyl sites for hydroxylation is 3. The molecule has 28 heavy (non-hydrogen) atoms. The molecule has 3 rings (SSSR count). The SMILES string of the molecule is C=CC(=O)NCCCc1nc2ccccc2n1CCOc1ccc(C)cc1C. The van der Waals surface area contributed by atoms with Crippen molar-refractivity contribution in [2.45, 2.75) is 33.2 Å². The molecule has 0 aliphatic rings. The molecule has 1 heterocycles. The number of hydrogen-bond acceptors (Lipinski definition) is 3. The number of aromatic nitrogens is 2. The van der Waals surface area contributed by atoms with Gasteiger partial charge in [-0.25, -0.2) is 4.98 Å². The van der Waals surface area contributed by atoms with E-state index >= 15 is 0 Å². The summed E-state index contributed by atoms with van der Waals surface area (Å²) < 4.78 is 8.24. The van der Waals surface area contributed by atoms with E-state index in [9.17, 15) is 4.79 Å². The molecule has 1 amide bonds. The fourth-order valence-corrected chi connectivity index (χ4v) is 3.30. The van der Waals surface area contributed by atoms with Crippen LogP contribution in [0.1, 0.15) is 23.4 Å². The van der Waals surface area contributed by atoms with E-state index in [0.717, 1.165) is 47.6 Å². The average Bonchev–Trinajstić information content (AvgIpc) is 3.04. The fraction of sp³-hybridized carbons (Fsp3) is 0.304. The topological polar surface area (TPSA) is 56.2 Å². The van der Waals surface area contributed by atoms with E-state index in [1.165, 1.54) is 11.6 Å².